The minimum atomic E-state index is -0.712. The SMILES string of the molecule is CN1CC(C)(C)Oc2cc(C(C)(C)C)cc(-c3cccc(N4CC(C(=O)O)C4)c3)c21. The third-order valence-corrected chi connectivity index (χ3v) is 6.08. The van der Waals surface area contributed by atoms with Gasteiger partial charge in [0.15, 0.2) is 0 Å². The minimum absolute atomic E-state index is 0.00288. The van der Waals surface area contributed by atoms with Crippen molar-refractivity contribution in [3.63, 3.8) is 0 Å². The molecule has 0 atom stereocenters. The second-order valence-corrected chi connectivity index (χ2v) is 10.3. The van der Waals surface area contributed by atoms with Crippen molar-refractivity contribution >= 4 is 17.3 Å². The molecule has 2 heterocycles. The number of rotatable bonds is 3. The summed E-state index contributed by atoms with van der Waals surface area (Å²) in [5.41, 5.74) is 5.46. The van der Waals surface area contributed by atoms with Gasteiger partial charge >= 0.3 is 5.97 Å². The molecule has 0 amide bonds. The third-order valence-electron chi connectivity index (χ3n) is 6.08. The van der Waals surface area contributed by atoms with Crippen molar-refractivity contribution in [2.24, 2.45) is 5.92 Å². The first kappa shape index (κ1) is 20.6. The predicted molar refractivity (Wildman–Crippen MR) is 122 cm³/mol. The van der Waals surface area contributed by atoms with E-state index in [4.69, 9.17) is 4.74 Å². The molecule has 5 heteroatoms. The molecule has 160 valence electrons. The van der Waals surface area contributed by atoms with E-state index in [1.807, 2.05) is 0 Å². The van der Waals surface area contributed by atoms with Crippen LogP contribution in [0.1, 0.15) is 40.2 Å². The Hall–Kier alpha value is -2.69. The highest BCUT2D eigenvalue weighted by Gasteiger charge is 2.35. The fraction of sp³-hybridized carbons (Fsp3) is 0.480. The lowest BCUT2D eigenvalue weighted by atomic mass is 9.84. The van der Waals surface area contributed by atoms with Crippen LogP contribution >= 0.6 is 0 Å². The summed E-state index contributed by atoms with van der Waals surface area (Å²) in [7, 11) is 2.13. The highest BCUT2D eigenvalue weighted by Crippen LogP contribution is 2.46. The molecule has 4 rings (SSSR count). The molecule has 2 aliphatic heterocycles. The van der Waals surface area contributed by atoms with E-state index in [2.05, 4.69) is 87.9 Å². The second-order valence-electron chi connectivity index (χ2n) is 10.3. The lowest BCUT2D eigenvalue weighted by Gasteiger charge is -2.41. The fourth-order valence-corrected chi connectivity index (χ4v) is 4.43. The Bertz CT molecular complexity index is 984. The summed E-state index contributed by atoms with van der Waals surface area (Å²) in [4.78, 5) is 15.6. The number of carboxylic acid groups (broad SMARTS) is 1. The van der Waals surface area contributed by atoms with Crippen LogP contribution in [0.2, 0.25) is 0 Å². The molecule has 1 N–H and O–H groups in total. The van der Waals surface area contributed by atoms with Crippen LogP contribution in [0.15, 0.2) is 36.4 Å². The van der Waals surface area contributed by atoms with E-state index in [1.165, 1.54) is 5.56 Å². The van der Waals surface area contributed by atoms with Crippen molar-refractivity contribution < 1.29 is 14.6 Å². The third kappa shape index (κ3) is 3.73. The number of fused-ring (bicyclic) bond motifs is 1. The standard InChI is InChI=1S/C25H32N2O3/c1-24(2,3)18-11-20(22-21(12-18)30-25(4,5)15-26(22)6)16-8-7-9-19(10-16)27-13-17(14-27)23(28)29/h7-12,17H,13-15H2,1-6H3,(H,28,29). The van der Waals surface area contributed by atoms with Crippen LogP contribution in [-0.4, -0.2) is 43.4 Å². The van der Waals surface area contributed by atoms with E-state index in [1.54, 1.807) is 0 Å². The fourth-order valence-electron chi connectivity index (χ4n) is 4.43. The molecule has 0 aromatic heterocycles. The summed E-state index contributed by atoms with van der Waals surface area (Å²) in [5.74, 6) is -0.0559. The minimum Gasteiger partial charge on any atom is -0.484 e. The van der Waals surface area contributed by atoms with Crippen molar-refractivity contribution in [1.82, 2.24) is 0 Å². The largest absolute Gasteiger partial charge is 0.484 e. The lowest BCUT2D eigenvalue weighted by Crippen LogP contribution is -2.50. The molecule has 0 radical (unpaired) electrons. The van der Waals surface area contributed by atoms with Crippen LogP contribution in [0, 0.1) is 5.92 Å². The first-order valence-electron chi connectivity index (χ1n) is 10.6. The van der Waals surface area contributed by atoms with E-state index in [-0.39, 0.29) is 16.9 Å². The zero-order chi connectivity index (χ0) is 21.8. The number of hydrogen-bond acceptors (Lipinski definition) is 4. The maximum absolute atomic E-state index is 11.2. The Morgan fingerprint density at radius 1 is 1.17 bits per heavy atom. The summed E-state index contributed by atoms with van der Waals surface area (Å²) >= 11 is 0. The van der Waals surface area contributed by atoms with Gasteiger partial charge in [-0.05, 0) is 54.7 Å². The van der Waals surface area contributed by atoms with Crippen LogP contribution in [-0.2, 0) is 10.2 Å². The molecule has 0 unspecified atom stereocenters. The smallest absolute Gasteiger partial charge is 0.310 e. The van der Waals surface area contributed by atoms with Gasteiger partial charge in [-0.25, -0.2) is 0 Å². The van der Waals surface area contributed by atoms with Crippen molar-refractivity contribution in [3.05, 3.63) is 42.0 Å². The quantitative estimate of drug-likeness (QED) is 0.792. The molecule has 30 heavy (non-hydrogen) atoms. The average Bonchev–Trinajstić information content (AvgIpc) is 2.57. The molecule has 0 spiro atoms. The highest BCUT2D eigenvalue weighted by atomic mass is 16.5. The zero-order valence-electron chi connectivity index (χ0n) is 18.8. The van der Waals surface area contributed by atoms with Gasteiger partial charge in [0.2, 0.25) is 0 Å². The van der Waals surface area contributed by atoms with Crippen LogP contribution in [0.3, 0.4) is 0 Å². The first-order chi connectivity index (χ1) is 13.9. The molecular formula is C25H32N2O3. The van der Waals surface area contributed by atoms with E-state index in [0.29, 0.717) is 13.1 Å². The van der Waals surface area contributed by atoms with Crippen LogP contribution in [0.5, 0.6) is 5.75 Å². The number of carbonyl (C=O) groups is 1. The van der Waals surface area contributed by atoms with Gasteiger partial charge in [0.25, 0.3) is 0 Å². The van der Waals surface area contributed by atoms with Gasteiger partial charge in [-0.15, -0.1) is 0 Å². The van der Waals surface area contributed by atoms with Crippen LogP contribution in [0.25, 0.3) is 11.1 Å². The number of likely N-dealkylation sites (N-methyl/N-ethyl adjacent to an activating group) is 1. The summed E-state index contributed by atoms with van der Waals surface area (Å²) in [6.07, 6.45) is 0. The Morgan fingerprint density at radius 2 is 1.87 bits per heavy atom. The molecule has 0 aliphatic carbocycles. The number of nitrogens with zero attached hydrogens (tertiary/aromatic N) is 2. The van der Waals surface area contributed by atoms with Gasteiger partial charge in [-0.3, -0.25) is 4.79 Å². The maximum Gasteiger partial charge on any atom is 0.310 e. The number of anilines is 2. The van der Waals surface area contributed by atoms with E-state index in [9.17, 15) is 9.90 Å². The van der Waals surface area contributed by atoms with Gasteiger partial charge in [0, 0.05) is 31.4 Å². The van der Waals surface area contributed by atoms with E-state index in [0.717, 1.165) is 34.8 Å². The average molecular weight is 409 g/mol. The topological polar surface area (TPSA) is 53.0 Å². The Labute approximate surface area is 179 Å². The second kappa shape index (κ2) is 6.93. The molecule has 0 saturated carbocycles. The van der Waals surface area contributed by atoms with Crippen molar-refractivity contribution in [3.8, 4) is 16.9 Å². The Kier molecular flexibility index (Phi) is 4.75. The summed E-state index contributed by atoms with van der Waals surface area (Å²) < 4.78 is 6.42. The molecule has 0 bridgehead atoms. The molecule has 2 aromatic rings. The highest BCUT2D eigenvalue weighted by molar-refractivity contribution is 5.86. The zero-order valence-corrected chi connectivity index (χ0v) is 18.8. The van der Waals surface area contributed by atoms with Gasteiger partial charge in [0.05, 0.1) is 18.2 Å². The van der Waals surface area contributed by atoms with E-state index >= 15 is 0 Å². The molecule has 1 fully saturated rings. The van der Waals surface area contributed by atoms with Gasteiger partial charge < -0.3 is 19.6 Å². The molecule has 5 nitrogen and oxygen atoms in total. The monoisotopic (exact) mass is 408 g/mol. The van der Waals surface area contributed by atoms with Crippen molar-refractivity contribution in [2.75, 3.05) is 36.5 Å². The van der Waals surface area contributed by atoms with Gasteiger partial charge in [-0.1, -0.05) is 32.9 Å². The molecule has 1 saturated heterocycles. The van der Waals surface area contributed by atoms with Crippen LogP contribution in [0.4, 0.5) is 11.4 Å². The number of aliphatic carboxylic acids is 1. The number of hydrogen-bond donors (Lipinski definition) is 1. The van der Waals surface area contributed by atoms with Gasteiger partial charge in [0.1, 0.15) is 11.4 Å². The number of carboxylic acids is 1. The first-order valence-corrected chi connectivity index (χ1v) is 10.6. The molecular weight excluding hydrogens is 376 g/mol. The maximum atomic E-state index is 11.2. The summed E-state index contributed by atoms with van der Waals surface area (Å²) in [6.45, 7) is 12.9. The van der Waals surface area contributed by atoms with Crippen molar-refractivity contribution in [1.29, 1.82) is 0 Å². The molecule has 2 aliphatic rings. The molecule has 2 aromatic carbocycles. The van der Waals surface area contributed by atoms with Crippen molar-refractivity contribution in [2.45, 2.75) is 45.6 Å². The lowest BCUT2D eigenvalue weighted by molar-refractivity contribution is -0.142. The van der Waals surface area contributed by atoms with E-state index < -0.39 is 5.97 Å². The Balaban J connectivity index is 1.79. The summed E-state index contributed by atoms with van der Waals surface area (Å²) in [5, 5.41) is 9.20. The predicted octanol–water partition coefficient (Wildman–Crippen LogP) is 4.78. The summed E-state index contributed by atoms with van der Waals surface area (Å²) in [6, 6.07) is 12.9. The van der Waals surface area contributed by atoms with Crippen LogP contribution < -0.4 is 14.5 Å². The van der Waals surface area contributed by atoms with Gasteiger partial charge in [-0.2, -0.15) is 0 Å². The Morgan fingerprint density at radius 3 is 2.50 bits per heavy atom. The number of ether oxygens (including phenoxy) is 1. The number of benzene rings is 2. The normalized spacial score (nSPS) is 18.5.